The third-order valence-electron chi connectivity index (χ3n) is 3.37. The standard InChI is InChI=1S/C16H16Cl2N2O3S/c1-10-14(18)4-3-5-15(10)19-16(21)11(2)20-24(22,23)13-8-6-12(17)7-9-13/h3-9,11,20H,1-2H3,(H,19,21)/t11-/m0/s1. The molecule has 0 aliphatic carbocycles. The molecule has 0 aromatic heterocycles. The van der Waals surface area contributed by atoms with Crippen molar-refractivity contribution in [3.63, 3.8) is 0 Å². The van der Waals surface area contributed by atoms with Crippen LogP contribution in [0, 0.1) is 6.92 Å². The summed E-state index contributed by atoms with van der Waals surface area (Å²) in [5, 5.41) is 3.61. The van der Waals surface area contributed by atoms with Crippen molar-refractivity contribution in [2.75, 3.05) is 5.32 Å². The van der Waals surface area contributed by atoms with Crippen LogP contribution in [0.15, 0.2) is 47.4 Å². The summed E-state index contributed by atoms with van der Waals surface area (Å²) in [6.45, 7) is 3.23. The molecule has 2 aromatic carbocycles. The molecule has 0 radical (unpaired) electrons. The minimum atomic E-state index is -3.83. The first kappa shape index (κ1) is 18.7. The zero-order chi connectivity index (χ0) is 17.9. The number of benzene rings is 2. The maximum atomic E-state index is 12.3. The summed E-state index contributed by atoms with van der Waals surface area (Å²) in [5.41, 5.74) is 1.24. The lowest BCUT2D eigenvalue weighted by molar-refractivity contribution is -0.117. The number of hydrogen-bond acceptors (Lipinski definition) is 3. The molecule has 0 spiro atoms. The highest BCUT2D eigenvalue weighted by molar-refractivity contribution is 7.89. The number of rotatable bonds is 5. The van der Waals surface area contributed by atoms with Gasteiger partial charge in [0.1, 0.15) is 0 Å². The predicted molar refractivity (Wildman–Crippen MR) is 96.1 cm³/mol. The number of carbonyl (C=O) groups excluding carboxylic acids is 1. The van der Waals surface area contributed by atoms with Crippen molar-refractivity contribution in [1.29, 1.82) is 0 Å². The number of sulfonamides is 1. The Morgan fingerprint density at radius 3 is 2.33 bits per heavy atom. The van der Waals surface area contributed by atoms with Gasteiger partial charge >= 0.3 is 0 Å². The molecule has 24 heavy (non-hydrogen) atoms. The molecular formula is C16H16Cl2N2O3S. The van der Waals surface area contributed by atoms with Crippen LogP contribution in [0.4, 0.5) is 5.69 Å². The van der Waals surface area contributed by atoms with Gasteiger partial charge in [0.15, 0.2) is 0 Å². The fraction of sp³-hybridized carbons (Fsp3) is 0.188. The fourth-order valence-corrected chi connectivity index (χ4v) is 3.46. The minimum absolute atomic E-state index is 0.0329. The molecular weight excluding hydrogens is 371 g/mol. The number of amides is 1. The monoisotopic (exact) mass is 386 g/mol. The normalized spacial score (nSPS) is 12.7. The minimum Gasteiger partial charge on any atom is -0.324 e. The van der Waals surface area contributed by atoms with Crippen molar-refractivity contribution in [3.05, 3.63) is 58.1 Å². The third-order valence-corrected chi connectivity index (χ3v) is 5.59. The predicted octanol–water partition coefficient (Wildman–Crippen LogP) is 3.61. The van der Waals surface area contributed by atoms with E-state index >= 15 is 0 Å². The highest BCUT2D eigenvalue weighted by Crippen LogP contribution is 2.23. The molecule has 1 atom stereocenters. The van der Waals surface area contributed by atoms with Gasteiger partial charge in [-0.05, 0) is 55.8 Å². The summed E-state index contributed by atoms with van der Waals surface area (Å²) in [6.07, 6.45) is 0. The van der Waals surface area contributed by atoms with Crippen LogP contribution in [0.3, 0.4) is 0 Å². The molecule has 0 aliphatic rings. The van der Waals surface area contributed by atoms with Crippen molar-refractivity contribution >= 4 is 44.8 Å². The van der Waals surface area contributed by atoms with Crippen LogP contribution in [0.2, 0.25) is 10.0 Å². The third kappa shape index (κ3) is 4.48. The maximum Gasteiger partial charge on any atom is 0.242 e. The van der Waals surface area contributed by atoms with Crippen LogP contribution >= 0.6 is 23.2 Å². The molecule has 1 amide bonds. The first-order valence-electron chi connectivity index (χ1n) is 7.04. The lowest BCUT2D eigenvalue weighted by Gasteiger charge is -2.16. The maximum absolute atomic E-state index is 12.3. The molecule has 0 unspecified atom stereocenters. The van der Waals surface area contributed by atoms with Crippen LogP contribution in [0.1, 0.15) is 12.5 Å². The van der Waals surface area contributed by atoms with Crippen molar-refractivity contribution in [1.82, 2.24) is 4.72 Å². The molecule has 0 aliphatic heterocycles. The summed E-state index contributed by atoms with van der Waals surface area (Å²) in [4.78, 5) is 12.3. The Bertz CT molecular complexity index is 852. The molecule has 128 valence electrons. The number of carbonyl (C=O) groups is 1. The second kappa shape index (κ2) is 7.53. The van der Waals surface area contributed by atoms with Crippen molar-refractivity contribution in [2.45, 2.75) is 24.8 Å². The zero-order valence-corrected chi connectivity index (χ0v) is 15.3. The van der Waals surface area contributed by atoms with Crippen molar-refractivity contribution in [2.24, 2.45) is 0 Å². The largest absolute Gasteiger partial charge is 0.324 e. The zero-order valence-electron chi connectivity index (χ0n) is 13.0. The Balaban J connectivity index is 2.11. The topological polar surface area (TPSA) is 75.3 Å². The Kier molecular flexibility index (Phi) is 5.87. The van der Waals surface area contributed by atoms with Crippen LogP contribution in [0.5, 0.6) is 0 Å². The smallest absolute Gasteiger partial charge is 0.242 e. The molecule has 0 saturated heterocycles. The molecule has 2 rings (SSSR count). The molecule has 0 saturated carbocycles. The van der Waals surface area contributed by atoms with Gasteiger partial charge in [-0.2, -0.15) is 4.72 Å². The molecule has 5 nitrogen and oxygen atoms in total. The van der Waals surface area contributed by atoms with E-state index in [1.807, 2.05) is 0 Å². The van der Waals surface area contributed by atoms with E-state index in [-0.39, 0.29) is 4.90 Å². The Morgan fingerprint density at radius 1 is 1.08 bits per heavy atom. The quantitative estimate of drug-likeness (QED) is 0.823. The van der Waals surface area contributed by atoms with Gasteiger partial charge in [0.2, 0.25) is 15.9 Å². The van der Waals surface area contributed by atoms with E-state index in [1.165, 1.54) is 31.2 Å². The van der Waals surface area contributed by atoms with Gasteiger partial charge in [0.05, 0.1) is 10.9 Å². The summed E-state index contributed by atoms with van der Waals surface area (Å²) >= 11 is 11.7. The summed E-state index contributed by atoms with van der Waals surface area (Å²) in [7, 11) is -3.83. The summed E-state index contributed by atoms with van der Waals surface area (Å²) in [6, 6.07) is 9.81. The molecule has 0 heterocycles. The van der Waals surface area contributed by atoms with Crippen LogP contribution in [-0.4, -0.2) is 20.4 Å². The fourth-order valence-electron chi connectivity index (χ4n) is 1.95. The second-order valence-electron chi connectivity index (χ2n) is 5.20. The van der Waals surface area contributed by atoms with Gasteiger partial charge < -0.3 is 5.32 Å². The van der Waals surface area contributed by atoms with E-state index in [0.29, 0.717) is 21.3 Å². The first-order chi connectivity index (χ1) is 11.2. The Morgan fingerprint density at radius 2 is 1.71 bits per heavy atom. The van der Waals surface area contributed by atoms with Crippen molar-refractivity contribution in [3.8, 4) is 0 Å². The van der Waals surface area contributed by atoms with Gasteiger partial charge in [-0.3, -0.25) is 4.79 Å². The molecule has 0 bridgehead atoms. The number of halogens is 2. The molecule has 8 heteroatoms. The van der Waals surface area contributed by atoms with Gasteiger partial charge in [-0.1, -0.05) is 29.3 Å². The van der Waals surface area contributed by atoms with Gasteiger partial charge in [-0.15, -0.1) is 0 Å². The molecule has 2 aromatic rings. The lowest BCUT2D eigenvalue weighted by atomic mass is 10.2. The van der Waals surface area contributed by atoms with Crippen LogP contribution < -0.4 is 10.0 Å². The van der Waals surface area contributed by atoms with E-state index in [9.17, 15) is 13.2 Å². The number of anilines is 1. The van der Waals surface area contributed by atoms with Crippen LogP contribution in [0.25, 0.3) is 0 Å². The average Bonchev–Trinajstić information content (AvgIpc) is 2.51. The average molecular weight is 387 g/mol. The summed E-state index contributed by atoms with van der Waals surface area (Å²) < 4.78 is 26.9. The van der Waals surface area contributed by atoms with E-state index in [0.717, 1.165) is 0 Å². The van der Waals surface area contributed by atoms with Crippen molar-refractivity contribution < 1.29 is 13.2 Å². The SMILES string of the molecule is Cc1c(Cl)cccc1NC(=O)[C@H](C)NS(=O)(=O)c1ccc(Cl)cc1. The van der Waals surface area contributed by atoms with Gasteiger partial charge in [0, 0.05) is 15.7 Å². The van der Waals surface area contributed by atoms with E-state index in [2.05, 4.69) is 10.0 Å². The lowest BCUT2D eigenvalue weighted by Crippen LogP contribution is -2.41. The second-order valence-corrected chi connectivity index (χ2v) is 7.76. The van der Waals surface area contributed by atoms with Gasteiger partial charge in [0.25, 0.3) is 0 Å². The highest BCUT2D eigenvalue weighted by Gasteiger charge is 2.22. The molecule has 0 fully saturated rings. The Hall–Kier alpha value is -1.60. The van der Waals surface area contributed by atoms with Crippen LogP contribution in [-0.2, 0) is 14.8 Å². The number of hydrogen-bond donors (Lipinski definition) is 2. The van der Waals surface area contributed by atoms with E-state index < -0.39 is 22.0 Å². The van der Waals surface area contributed by atoms with E-state index in [1.54, 1.807) is 25.1 Å². The van der Waals surface area contributed by atoms with Gasteiger partial charge in [-0.25, -0.2) is 8.42 Å². The Labute approximate surface area is 151 Å². The first-order valence-corrected chi connectivity index (χ1v) is 9.28. The number of nitrogens with one attached hydrogen (secondary N) is 2. The summed E-state index contributed by atoms with van der Waals surface area (Å²) in [5.74, 6) is -0.488. The van der Waals surface area contributed by atoms with E-state index in [4.69, 9.17) is 23.2 Å². The molecule has 2 N–H and O–H groups in total. The highest BCUT2D eigenvalue weighted by atomic mass is 35.5.